The maximum absolute atomic E-state index is 8.00. The molecule has 0 aromatic carbocycles. The van der Waals surface area contributed by atoms with Gasteiger partial charge >= 0.3 is 5.34 Å². The van der Waals surface area contributed by atoms with Crippen molar-refractivity contribution in [2.24, 2.45) is 0 Å². The third kappa shape index (κ3) is 15.7. The Morgan fingerprint density at radius 1 is 1.75 bits per heavy atom. The predicted octanol–water partition coefficient (Wildman–Crippen LogP) is -0.301. The first-order chi connectivity index (χ1) is 1.41. The van der Waals surface area contributed by atoms with Gasteiger partial charge in [-0.3, -0.25) is 0 Å². The zero-order chi connectivity index (χ0) is 2.71. The molecule has 0 atom stereocenters. The van der Waals surface area contributed by atoms with Crippen molar-refractivity contribution in [3.63, 3.8) is 0 Å². The van der Waals surface area contributed by atoms with Crippen molar-refractivity contribution >= 4 is 13.5 Å². The van der Waals surface area contributed by atoms with Gasteiger partial charge in [-0.1, -0.05) is 0 Å². The largest absolute Gasteiger partial charge is 0.387 e. The standard InChI is InChI=1S/NO2.H2S/c2-1-3;/h;1H2. The maximum atomic E-state index is 8.00. The number of hydrogen-bond donors (Lipinski definition) is 0. The first-order valence-electron chi connectivity index (χ1n) is 0.365. The van der Waals surface area contributed by atoms with Gasteiger partial charge in [-0.25, -0.2) is 0 Å². The van der Waals surface area contributed by atoms with E-state index < -0.39 is 0 Å². The van der Waals surface area contributed by atoms with E-state index in [4.69, 9.17) is 10.1 Å². The van der Waals surface area contributed by atoms with Crippen LogP contribution in [0.2, 0.25) is 0 Å². The topological polar surface area (TPSA) is 54.2 Å². The third-order valence-corrected chi connectivity index (χ3v) is 0. The molecule has 0 unspecified atom stereocenters. The lowest BCUT2D eigenvalue weighted by Crippen LogP contribution is -1.47. The summed E-state index contributed by atoms with van der Waals surface area (Å²) in [5, 5.41) is 9.00. The Hall–Kier alpha value is -0.250. The van der Waals surface area contributed by atoms with Gasteiger partial charge in [0.25, 0.3) is 0 Å². The highest BCUT2D eigenvalue weighted by molar-refractivity contribution is 7.59. The van der Waals surface area contributed by atoms with E-state index >= 15 is 0 Å². The monoisotopic (exact) mass is 80.0 g/mol. The fourth-order valence-electron chi connectivity index (χ4n) is 0. The van der Waals surface area contributed by atoms with Gasteiger partial charge < -0.3 is 0 Å². The van der Waals surface area contributed by atoms with E-state index in [-0.39, 0.29) is 13.5 Å². The molecule has 0 bridgehead atoms. The third-order valence-electron chi connectivity index (χ3n) is 0. The summed E-state index contributed by atoms with van der Waals surface area (Å²) in [6.07, 6.45) is 0. The molecule has 0 fully saturated rings. The lowest BCUT2D eigenvalue weighted by Gasteiger charge is -1.16. The van der Waals surface area contributed by atoms with Crippen molar-refractivity contribution in [1.82, 2.24) is 5.34 Å². The van der Waals surface area contributed by atoms with Crippen LogP contribution in [-0.4, -0.2) is 0 Å². The van der Waals surface area contributed by atoms with E-state index in [1.807, 2.05) is 0 Å². The molecule has 0 aliphatic rings. The van der Waals surface area contributed by atoms with Crippen molar-refractivity contribution < 1.29 is 0 Å². The molecule has 1 radical (unpaired) electrons. The summed E-state index contributed by atoms with van der Waals surface area (Å²) in [4.78, 5) is 8.00. The fraction of sp³-hybridized carbons (Fsp3) is 0. The van der Waals surface area contributed by atoms with Gasteiger partial charge in [0.2, 0.25) is 0 Å². The van der Waals surface area contributed by atoms with E-state index in [2.05, 4.69) is 0 Å². The molecule has 4 heavy (non-hydrogen) atoms. The first kappa shape index (κ1) is 9.26. The van der Waals surface area contributed by atoms with E-state index in [9.17, 15) is 0 Å². The molecule has 0 aliphatic carbocycles. The van der Waals surface area contributed by atoms with Crippen LogP contribution in [0.25, 0.3) is 0 Å². The Morgan fingerprint density at radius 3 is 1.75 bits per heavy atom. The minimum Gasteiger partial charge on any atom is -0.197 e. The maximum Gasteiger partial charge on any atom is 0.387 e. The van der Waals surface area contributed by atoms with Gasteiger partial charge in [0.1, 0.15) is 0 Å². The average Bonchev–Trinajstić information content (AvgIpc) is 0.918. The molecule has 0 aromatic rings. The van der Waals surface area contributed by atoms with Crippen molar-refractivity contribution in [2.45, 2.75) is 0 Å². The van der Waals surface area contributed by atoms with Crippen LogP contribution < -0.4 is 5.34 Å². The molecule has 4 heteroatoms. The molecule has 0 saturated heterocycles. The van der Waals surface area contributed by atoms with Crippen LogP contribution in [0.5, 0.6) is 0 Å². The molecule has 0 aliphatic heterocycles. The molecule has 0 spiro atoms. The van der Waals surface area contributed by atoms with Gasteiger partial charge in [-0.2, -0.15) is 23.6 Å². The van der Waals surface area contributed by atoms with Crippen LogP contribution >= 0.6 is 13.5 Å². The molecular formula is H2NO2S. The van der Waals surface area contributed by atoms with E-state index in [1.54, 1.807) is 0 Å². The van der Waals surface area contributed by atoms with Crippen molar-refractivity contribution in [1.29, 1.82) is 0 Å². The van der Waals surface area contributed by atoms with Gasteiger partial charge in [-0.15, -0.1) is 0 Å². The van der Waals surface area contributed by atoms with Gasteiger partial charge in [0.15, 0.2) is 0 Å². The second kappa shape index (κ2) is 15.0. The second-order valence-electron chi connectivity index (χ2n) is 0.0745. The molecule has 0 N–H and O–H groups in total. The summed E-state index contributed by atoms with van der Waals surface area (Å²) in [5.41, 5.74) is 0. The predicted molar refractivity (Wildman–Crippen MR) is 19.2 cm³/mol. The summed E-state index contributed by atoms with van der Waals surface area (Å²) in [5.74, 6) is 0. The van der Waals surface area contributed by atoms with Gasteiger partial charge in [-0.05, 0) is 0 Å². The lowest BCUT2D eigenvalue weighted by molar-refractivity contribution is 1.38. The molecule has 0 rings (SSSR count). The summed E-state index contributed by atoms with van der Waals surface area (Å²) in [7, 11) is 0. The summed E-state index contributed by atoms with van der Waals surface area (Å²) >= 11 is 0. The van der Waals surface area contributed by atoms with E-state index in [1.165, 1.54) is 0 Å². The highest BCUT2D eigenvalue weighted by Crippen LogP contribution is 1.03. The molecule has 25 valence electrons. The SMILES string of the molecule is O=[N+][O-].S. The Labute approximate surface area is 30.0 Å². The van der Waals surface area contributed by atoms with Crippen LogP contribution in [0.1, 0.15) is 0 Å². The van der Waals surface area contributed by atoms with Crippen LogP contribution in [-0.2, 0) is 0 Å². The second-order valence-corrected chi connectivity index (χ2v) is 0.0745. The number of hydrogen-bond acceptors (Lipinski definition) is 3. The summed E-state index contributed by atoms with van der Waals surface area (Å²) in [6.45, 7) is 0. The van der Waals surface area contributed by atoms with Crippen molar-refractivity contribution in [3.8, 4) is 0 Å². The van der Waals surface area contributed by atoms with Gasteiger partial charge in [0.05, 0.1) is 0 Å². The zero-order valence-corrected chi connectivity index (χ0v) is 2.76. The van der Waals surface area contributed by atoms with E-state index in [0.29, 0.717) is 0 Å². The van der Waals surface area contributed by atoms with Crippen molar-refractivity contribution in [3.05, 3.63) is 10.1 Å². The average molecular weight is 80.1 g/mol. The van der Waals surface area contributed by atoms with Crippen LogP contribution in [0.3, 0.4) is 0 Å². The zero-order valence-electron chi connectivity index (χ0n) is 1.76. The molecule has 0 saturated carbocycles. The highest BCUT2D eigenvalue weighted by atomic mass is 32.1. The summed E-state index contributed by atoms with van der Waals surface area (Å²) < 4.78 is 0. The fourth-order valence-corrected chi connectivity index (χ4v) is 0. The molecule has 3 nitrogen and oxygen atoms in total. The van der Waals surface area contributed by atoms with Crippen molar-refractivity contribution in [2.75, 3.05) is 0 Å². The number of nitrogens with zero attached hydrogens (tertiary/aromatic N) is 1. The smallest absolute Gasteiger partial charge is 0.197 e. The molecule has 0 amide bonds. The summed E-state index contributed by atoms with van der Waals surface area (Å²) in [6, 6.07) is 0. The highest BCUT2D eigenvalue weighted by Gasteiger charge is 1.36. The molecule has 0 aromatic heterocycles. The minimum atomic E-state index is 0. The van der Waals surface area contributed by atoms with Crippen LogP contribution in [0.4, 0.5) is 0 Å². The molecule has 0 heterocycles. The first-order valence-corrected chi connectivity index (χ1v) is 0.365. The van der Waals surface area contributed by atoms with Gasteiger partial charge in [0, 0.05) is 0 Å². The Kier molecular flexibility index (Phi) is 34.7. The Bertz CT molecular complexity index is 13.5. The van der Waals surface area contributed by atoms with E-state index in [0.717, 1.165) is 5.34 Å². The lowest BCUT2D eigenvalue weighted by atomic mass is 13.4. The quantitative estimate of drug-likeness (QED) is 0.296. The molecular weight excluding hydrogens is 78.1 g/mol. The number of rotatable bonds is 0. The Morgan fingerprint density at radius 2 is 1.75 bits per heavy atom. The Balaban J connectivity index is 0. The minimum absolute atomic E-state index is 0. The van der Waals surface area contributed by atoms with Crippen LogP contribution in [0.15, 0.2) is 0 Å². The normalized spacial score (nSPS) is 3.00. The van der Waals surface area contributed by atoms with Crippen LogP contribution in [0, 0.1) is 10.1 Å².